The van der Waals surface area contributed by atoms with Gasteiger partial charge in [0.05, 0.1) is 47.3 Å². The predicted molar refractivity (Wildman–Crippen MR) is 185 cm³/mol. The Balaban J connectivity index is 1.50. The maximum Gasteiger partial charge on any atom is 0.435 e. The fourth-order valence-electron chi connectivity index (χ4n) is 5.41. The Kier molecular flexibility index (Phi) is 12.5. The number of hydrogen-bond acceptors (Lipinski definition) is 12. The Morgan fingerprint density at radius 2 is 1.55 bits per heavy atom. The third-order valence-corrected chi connectivity index (χ3v) is 9.87. The third-order valence-electron chi connectivity index (χ3n) is 8.14. The van der Waals surface area contributed by atoms with E-state index in [1.54, 1.807) is 13.2 Å². The number of carbonyl (C=O) groups excluding carboxylic acids is 2. The summed E-state index contributed by atoms with van der Waals surface area (Å²) in [6.07, 6.45) is -0.919. The number of fused-ring (bicyclic) bond motifs is 1. The van der Waals surface area contributed by atoms with E-state index in [9.17, 15) is 26.8 Å². The van der Waals surface area contributed by atoms with Gasteiger partial charge in [0.25, 0.3) is 5.91 Å². The summed E-state index contributed by atoms with van der Waals surface area (Å²) >= 11 is 0. The van der Waals surface area contributed by atoms with Gasteiger partial charge in [0, 0.05) is 69.8 Å². The van der Waals surface area contributed by atoms with Gasteiger partial charge in [0.1, 0.15) is 18.2 Å². The summed E-state index contributed by atoms with van der Waals surface area (Å²) < 4.78 is 76.6. The zero-order valence-corrected chi connectivity index (χ0v) is 29.3. The molecule has 3 aromatic carbocycles. The molecule has 2 heterocycles. The van der Waals surface area contributed by atoms with Crippen molar-refractivity contribution in [1.29, 1.82) is 0 Å². The molecule has 1 aliphatic rings. The van der Waals surface area contributed by atoms with Crippen LogP contribution in [-0.2, 0) is 28.8 Å². The van der Waals surface area contributed by atoms with Crippen molar-refractivity contribution >= 4 is 49.9 Å². The molecule has 0 aliphatic carbocycles. The average Bonchev–Trinajstić information content (AvgIpc) is 3.47. The second kappa shape index (κ2) is 17.0. The molecule has 51 heavy (non-hydrogen) atoms. The molecule has 1 saturated heterocycles. The number of methoxy groups -OCH3 is 2. The minimum Gasteiger partial charge on any atom is -0.445 e. The number of amides is 1. The fourth-order valence-corrected chi connectivity index (χ4v) is 6.74. The summed E-state index contributed by atoms with van der Waals surface area (Å²) in [5, 5.41) is 10.3. The number of anilines is 3. The molecule has 17 heteroatoms. The van der Waals surface area contributed by atoms with Crippen LogP contribution < -0.4 is 15.5 Å². The van der Waals surface area contributed by atoms with Crippen LogP contribution in [0.3, 0.4) is 0 Å². The molecule has 0 bridgehead atoms. The molecule has 5 rings (SSSR count). The van der Waals surface area contributed by atoms with Crippen molar-refractivity contribution in [3.63, 3.8) is 0 Å². The van der Waals surface area contributed by atoms with Gasteiger partial charge in [-0.25, -0.2) is 22.0 Å². The predicted octanol–water partition coefficient (Wildman–Crippen LogP) is 3.86. The van der Waals surface area contributed by atoms with Crippen LogP contribution in [0.1, 0.15) is 10.4 Å². The summed E-state index contributed by atoms with van der Waals surface area (Å²) in [5.74, 6) is -2.90. The van der Waals surface area contributed by atoms with Gasteiger partial charge >= 0.3 is 6.09 Å². The maximum absolute atomic E-state index is 14.0. The van der Waals surface area contributed by atoms with Crippen molar-refractivity contribution in [2.24, 2.45) is 0 Å². The molecular formula is C34H40F2N6O8S. The number of piperazine rings is 1. The van der Waals surface area contributed by atoms with E-state index in [0.717, 1.165) is 36.5 Å². The van der Waals surface area contributed by atoms with E-state index in [-0.39, 0.29) is 40.4 Å². The molecule has 1 aromatic heterocycles. The quantitative estimate of drug-likeness (QED) is 0.171. The lowest BCUT2D eigenvalue weighted by atomic mass is 10.1. The second-order valence-electron chi connectivity index (χ2n) is 11.7. The standard InChI is InChI=1S/C34H40F2N6O8S/c1-40-9-11-41(12-10-40)25-4-6-28(30(21-25)37-8-13-47-2)33(43)38-32-29-22-26(51(45,46)27-19-23(35)18-24(36)20-27)5-7-31(29)42(39-32)34(44)50-17-16-49-15-14-48-3/h4-7,18-22,37H,8-17H2,1-3H3,(H,38,39,43). The zero-order valence-electron chi connectivity index (χ0n) is 28.5. The highest BCUT2D eigenvalue weighted by Crippen LogP contribution is 2.31. The zero-order chi connectivity index (χ0) is 36.5. The molecule has 0 atom stereocenters. The monoisotopic (exact) mass is 730 g/mol. The molecule has 0 unspecified atom stereocenters. The lowest BCUT2D eigenvalue weighted by Gasteiger charge is -2.34. The number of nitrogens with one attached hydrogen (secondary N) is 2. The normalized spacial score (nSPS) is 13.8. The summed E-state index contributed by atoms with van der Waals surface area (Å²) in [7, 11) is 0.703. The van der Waals surface area contributed by atoms with Crippen molar-refractivity contribution in [2.45, 2.75) is 9.79 Å². The first-order chi connectivity index (χ1) is 24.5. The molecule has 0 radical (unpaired) electrons. The fraction of sp³-hybridized carbons (Fsp3) is 0.382. The number of sulfone groups is 1. The molecular weight excluding hydrogens is 690 g/mol. The van der Waals surface area contributed by atoms with Crippen molar-refractivity contribution in [2.75, 3.05) is 103 Å². The van der Waals surface area contributed by atoms with Crippen LogP contribution in [0.2, 0.25) is 0 Å². The van der Waals surface area contributed by atoms with Crippen molar-refractivity contribution < 1.29 is 45.7 Å². The number of ether oxygens (including phenoxy) is 4. The van der Waals surface area contributed by atoms with Gasteiger partial charge in [-0.1, -0.05) is 0 Å². The van der Waals surface area contributed by atoms with E-state index in [1.165, 1.54) is 25.3 Å². The average molecular weight is 731 g/mol. The number of halogens is 2. The Labute approximate surface area is 294 Å². The highest BCUT2D eigenvalue weighted by molar-refractivity contribution is 7.91. The molecule has 0 saturated carbocycles. The van der Waals surface area contributed by atoms with E-state index < -0.39 is 38.4 Å². The minimum atomic E-state index is -4.45. The van der Waals surface area contributed by atoms with Crippen LogP contribution in [-0.4, -0.2) is 122 Å². The number of carbonyl (C=O) groups is 2. The molecule has 1 fully saturated rings. The summed E-state index contributed by atoms with van der Waals surface area (Å²) in [4.78, 5) is 30.5. The highest BCUT2D eigenvalue weighted by atomic mass is 32.2. The summed E-state index contributed by atoms with van der Waals surface area (Å²) in [5.41, 5.74) is 1.80. The molecule has 1 aliphatic heterocycles. The summed E-state index contributed by atoms with van der Waals surface area (Å²) in [6, 6.07) is 11.0. The van der Waals surface area contributed by atoms with Crippen LogP contribution >= 0.6 is 0 Å². The van der Waals surface area contributed by atoms with Crippen molar-refractivity contribution in [3.8, 4) is 0 Å². The Morgan fingerprint density at radius 1 is 0.843 bits per heavy atom. The van der Waals surface area contributed by atoms with E-state index in [0.29, 0.717) is 50.3 Å². The van der Waals surface area contributed by atoms with Gasteiger partial charge in [-0.3, -0.25) is 4.79 Å². The molecule has 4 aromatic rings. The van der Waals surface area contributed by atoms with Crippen LogP contribution in [0.4, 0.5) is 30.8 Å². The largest absolute Gasteiger partial charge is 0.445 e. The first kappa shape index (κ1) is 37.6. The lowest BCUT2D eigenvalue weighted by Crippen LogP contribution is -2.44. The number of nitrogens with zero attached hydrogens (tertiary/aromatic N) is 4. The maximum atomic E-state index is 14.0. The van der Waals surface area contributed by atoms with E-state index >= 15 is 0 Å². The minimum absolute atomic E-state index is 0.0533. The first-order valence-electron chi connectivity index (χ1n) is 16.1. The van der Waals surface area contributed by atoms with Gasteiger partial charge in [0.2, 0.25) is 9.84 Å². The number of hydrogen-bond donors (Lipinski definition) is 2. The molecule has 274 valence electrons. The van der Waals surface area contributed by atoms with Crippen LogP contribution in [0.5, 0.6) is 0 Å². The van der Waals surface area contributed by atoms with E-state index in [2.05, 4.69) is 32.6 Å². The van der Waals surface area contributed by atoms with E-state index in [1.807, 2.05) is 12.1 Å². The molecule has 2 N–H and O–H groups in total. The van der Waals surface area contributed by atoms with Gasteiger partial charge < -0.3 is 39.4 Å². The Bertz CT molecular complexity index is 1950. The molecule has 14 nitrogen and oxygen atoms in total. The second-order valence-corrected chi connectivity index (χ2v) is 13.6. The molecule has 0 spiro atoms. The van der Waals surface area contributed by atoms with Crippen LogP contribution in [0.15, 0.2) is 64.4 Å². The number of benzene rings is 3. The number of aromatic nitrogens is 2. The summed E-state index contributed by atoms with van der Waals surface area (Å²) in [6.45, 7) is 4.78. The van der Waals surface area contributed by atoms with Crippen molar-refractivity contribution in [3.05, 3.63) is 71.8 Å². The van der Waals surface area contributed by atoms with Gasteiger partial charge in [-0.2, -0.15) is 4.68 Å². The number of likely N-dealkylation sites (N-methyl/N-ethyl adjacent to an activating group) is 1. The Morgan fingerprint density at radius 3 is 2.25 bits per heavy atom. The smallest absolute Gasteiger partial charge is 0.435 e. The SMILES string of the molecule is COCCNc1cc(N2CCN(C)CC2)ccc1C(=O)Nc1nn(C(=O)OCCOCCOC)c2ccc(S(=O)(=O)c3cc(F)cc(F)c3)cc12. The number of rotatable bonds is 15. The highest BCUT2D eigenvalue weighted by Gasteiger charge is 2.26. The van der Waals surface area contributed by atoms with E-state index in [4.69, 9.17) is 18.9 Å². The molecule has 1 amide bonds. The van der Waals surface area contributed by atoms with Crippen LogP contribution in [0.25, 0.3) is 10.9 Å². The van der Waals surface area contributed by atoms with Gasteiger partial charge in [-0.15, -0.1) is 5.10 Å². The topological polar surface area (TPSA) is 154 Å². The van der Waals surface area contributed by atoms with Gasteiger partial charge in [-0.05, 0) is 55.6 Å². The van der Waals surface area contributed by atoms with Gasteiger partial charge in [0.15, 0.2) is 5.82 Å². The first-order valence-corrected chi connectivity index (χ1v) is 17.6. The lowest BCUT2D eigenvalue weighted by molar-refractivity contribution is 0.0420. The Hall–Kier alpha value is -4.68. The third kappa shape index (κ3) is 9.17. The van der Waals surface area contributed by atoms with Crippen molar-refractivity contribution in [1.82, 2.24) is 14.7 Å². The van der Waals surface area contributed by atoms with Crippen LogP contribution in [0, 0.1) is 11.6 Å².